The van der Waals surface area contributed by atoms with Gasteiger partial charge in [-0.2, -0.15) is 0 Å². The first-order valence-electron chi connectivity index (χ1n) is 10.0. The van der Waals surface area contributed by atoms with Crippen LogP contribution < -0.4 is 10.3 Å². The van der Waals surface area contributed by atoms with Crippen LogP contribution in [0.2, 0.25) is 5.15 Å². The second-order valence-electron chi connectivity index (χ2n) is 7.55. The zero-order chi connectivity index (χ0) is 20.4. The Labute approximate surface area is 175 Å². The summed E-state index contributed by atoms with van der Waals surface area (Å²) in [6.07, 6.45) is 5.13. The molecule has 1 saturated heterocycles. The van der Waals surface area contributed by atoms with E-state index < -0.39 is 0 Å². The smallest absolute Gasteiger partial charge is 0.266 e. The molecular weight excluding hydrogens is 388 g/mol. The predicted molar refractivity (Wildman–Crippen MR) is 115 cm³/mol. The van der Waals surface area contributed by atoms with E-state index in [1.807, 2.05) is 24.3 Å². The molecule has 3 aromatic rings. The number of rotatable bonds is 6. The van der Waals surface area contributed by atoms with Crippen molar-refractivity contribution < 1.29 is 4.74 Å². The highest BCUT2D eigenvalue weighted by Crippen LogP contribution is 2.19. The molecule has 1 fully saturated rings. The fraction of sp³-hybridized carbons (Fsp3) is 0.409. The highest BCUT2D eigenvalue weighted by molar-refractivity contribution is 6.30. The van der Waals surface area contributed by atoms with Crippen molar-refractivity contribution in [2.75, 3.05) is 19.7 Å². The molecule has 0 spiro atoms. The van der Waals surface area contributed by atoms with Gasteiger partial charge in [0.1, 0.15) is 16.7 Å². The summed E-state index contributed by atoms with van der Waals surface area (Å²) in [4.78, 5) is 24.0. The van der Waals surface area contributed by atoms with Crippen LogP contribution >= 0.6 is 11.6 Å². The van der Waals surface area contributed by atoms with Crippen LogP contribution in [-0.4, -0.2) is 45.2 Å². The SMILES string of the molecule is Cc1nc2cnc(Cl)cc2c(=O)n1-c1ccc(OCCCN2CCC[C@H]2C)cc1. The quantitative estimate of drug-likeness (QED) is 0.452. The molecule has 1 aliphatic rings. The van der Waals surface area contributed by atoms with Gasteiger partial charge >= 0.3 is 0 Å². The first-order chi connectivity index (χ1) is 14.0. The fourth-order valence-corrected chi connectivity index (χ4v) is 4.11. The average Bonchev–Trinajstić information content (AvgIpc) is 3.12. The first kappa shape index (κ1) is 19.9. The summed E-state index contributed by atoms with van der Waals surface area (Å²) >= 11 is 5.95. The van der Waals surface area contributed by atoms with Gasteiger partial charge in [0, 0.05) is 12.6 Å². The number of nitrogens with zero attached hydrogens (tertiary/aromatic N) is 4. The molecule has 3 heterocycles. The van der Waals surface area contributed by atoms with E-state index in [0.29, 0.717) is 29.4 Å². The lowest BCUT2D eigenvalue weighted by molar-refractivity contribution is 0.230. The van der Waals surface area contributed by atoms with E-state index in [0.717, 1.165) is 24.4 Å². The normalized spacial score (nSPS) is 17.1. The second kappa shape index (κ2) is 8.51. The van der Waals surface area contributed by atoms with E-state index in [9.17, 15) is 4.79 Å². The van der Waals surface area contributed by atoms with E-state index in [4.69, 9.17) is 16.3 Å². The Morgan fingerprint density at radius 1 is 1.28 bits per heavy atom. The minimum atomic E-state index is -0.162. The molecule has 0 bridgehead atoms. The van der Waals surface area contributed by atoms with Crippen LogP contribution in [0.5, 0.6) is 5.75 Å². The number of aromatic nitrogens is 3. The number of fused-ring (bicyclic) bond motifs is 1. The molecule has 4 rings (SSSR count). The van der Waals surface area contributed by atoms with Gasteiger partial charge in [0.25, 0.3) is 5.56 Å². The first-order valence-corrected chi connectivity index (χ1v) is 10.4. The minimum absolute atomic E-state index is 0.162. The van der Waals surface area contributed by atoms with E-state index in [-0.39, 0.29) is 10.7 Å². The van der Waals surface area contributed by atoms with E-state index in [2.05, 4.69) is 21.8 Å². The van der Waals surface area contributed by atoms with Gasteiger partial charge in [-0.25, -0.2) is 9.97 Å². The van der Waals surface area contributed by atoms with Gasteiger partial charge in [-0.05, 0) is 70.0 Å². The van der Waals surface area contributed by atoms with Crippen LogP contribution in [0.4, 0.5) is 0 Å². The second-order valence-corrected chi connectivity index (χ2v) is 7.93. The molecule has 6 nitrogen and oxygen atoms in total. The number of pyridine rings is 1. The van der Waals surface area contributed by atoms with Crippen LogP contribution in [-0.2, 0) is 0 Å². The Kier molecular flexibility index (Phi) is 5.83. The van der Waals surface area contributed by atoms with Crippen molar-refractivity contribution in [2.24, 2.45) is 0 Å². The van der Waals surface area contributed by atoms with Crippen molar-refractivity contribution in [1.82, 2.24) is 19.4 Å². The highest BCUT2D eigenvalue weighted by atomic mass is 35.5. The van der Waals surface area contributed by atoms with Gasteiger partial charge in [-0.3, -0.25) is 9.36 Å². The fourth-order valence-electron chi connectivity index (χ4n) is 3.95. The monoisotopic (exact) mass is 412 g/mol. The maximum Gasteiger partial charge on any atom is 0.266 e. The van der Waals surface area contributed by atoms with Gasteiger partial charge in [-0.15, -0.1) is 0 Å². The Morgan fingerprint density at radius 2 is 2.07 bits per heavy atom. The number of aryl methyl sites for hydroxylation is 1. The average molecular weight is 413 g/mol. The van der Waals surface area contributed by atoms with Gasteiger partial charge in [-0.1, -0.05) is 11.6 Å². The molecule has 1 aromatic carbocycles. The van der Waals surface area contributed by atoms with Gasteiger partial charge in [0.05, 0.1) is 29.4 Å². The van der Waals surface area contributed by atoms with E-state index in [1.165, 1.54) is 25.6 Å². The molecule has 2 aromatic heterocycles. The predicted octanol–water partition coefficient (Wildman–Crippen LogP) is 4.00. The number of ether oxygens (including phenoxy) is 1. The van der Waals surface area contributed by atoms with E-state index in [1.54, 1.807) is 17.6 Å². The van der Waals surface area contributed by atoms with Crippen LogP contribution in [0.25, 0.3) is 16.6 Å². The Morgan fingerprint density at radius 3 is 2.79 bits per heavy atom. The Bertz CT molecular complexity index is 1060. The zero-order valence-corrected chi connectivity index (χ0v) is 17.5. The highest BCUT2D eigenvalue weighted by Gasteiger charge is 2.19. The summed E-state index contributed by atoms with van der Waals surface area (Å²) in [7, 11) is 0. The van der Waals surface area contributed by atoms with Crippen LogP contribution in [0.15, 0.2) is 41.3 Å². The summed E-state index contributed by atoms with van der Waals surface area (Å²) in [6.45, 7) is 7.06. The van der Waals surface area contributed by atoms with E-state index >= 15 is 0 Å². The lowest BCUT2D eigenvalue weighted by Gasteiger charge is -2.20. The maximum absolute atomic E-state index is 13.0. The molecule has 0 saturated carbocycles. The van der Waals surface area contributed by atoms with Crippen molar-refractivity contribution in [3.8, 4) is 11.4 Å². The molecule has 1 aliphatic heterocycles. The molecule has 0 amide bonds. The minimum Gasteiger partial charge on any atom is -0.494 e. The van der Waals surface area contributed by atoms with Crippen LogP contribution in [0.1, 0.15) is 32.0 Å². The topological polar surface area (TPSA) is 60.3 Å². The third-order valence-electron chi connectivity index (χ3n) is 5.53. The third-order valence-corrected chi connectivity index (χ3v) is 5.74. The van der Waals surface area contributed by atoms with Gasteiger partial charge < -0.3 is 9.64 Å². The molecule has 0 aliphatic carbocycles. The summed E-state index contributed by atoms with van der Waals surface area (Å²) in [5.41, 5.74) is 1.12. The van der Waals surface area contributed by atoms with Crippen LogP contribution in [0, 0.1) is 6.92 Å². The number of benzene rings is 1. The molecule has 29 heavy (non-hydrogen) atoms. The molecule has 0 unspecified atom stereocenters. The third kappa shape index (κ3) is 4.28. The van der Waals surface area contributed by atoms with Crippen molar-refractivity contribution >= 4 is 22.5 Å². The summed E-state index contributed by atoms with van der Waals surface area (Å²) in [6, 6.07) is 9.79. The molecule has 0 radical (unpaired) electrons. The summed E-state index contributed by atoms with van der Waals surface area (Å²) in [5.74, 6) is 1.40. The Balaban J connectivity index is 1.46. The molecule has 7 heteroatoms. The Hall–Kier alpha value is -2.44. The summed E-state index contributed by atoms with van der Waals surface area (Å²) < 4.78 is 7.46. The van der Waals surface area contributed by atoms with Gasteiger partial charge in [0.15, 0.2) is 0 Å². The zero-order valence-electron chi connectivity index (χ0n) is 16.8. The van der Waals surface area contributed by atoms with Crippen molar-refractivity contribution in [3.05, 3.63) is 57.9 Å². The standard InChI is InChI=1S/C22H25ClN4O2/c1-15-5-3-10-26(15)11-4-12-29-18-8-6-17(7-9-18)27-16(2)25-20-14-24-21(23)13-19(20)22(27)28/h6-9,13-15H,3-5,10-12H2,1-2H3/t15-/m1/s1. The maximum atomic E-state index is 13.0. The number of likely N-dealkylation sites (tertiary alicyclic amines) is 1. The van der Waals surface area contributed by atoms with Crippen molar-refractivity contribution in [2.45, 2.75) is 39.2 Å². The van der Waals surface area contributed by atoms with Crippen molar-refractivity contribution in [1.29, 1.82) is 0 Å². The van der Waals surface area contributed by atoms with Crippen LogP contribution in [0.3, 0.4) is 0 Å². The van der Waals surface area contributed by atoms with Crippen molar-refractivity contribution in [3.63, 3.8) is 0 Å². The lowest BCUT2D eigenvalue weighted by Crippen LogP contribution is -2.28. The number of hydrogen-bond acceptors (Lipinski definition) is 5. The molecule has 1 atom stereocenters. The lowest BCUT2D eigenvalue weighted by atomic mass is 10.2. The number of halogens is 1. The van der Waals surface area contributed by atoms with Gasteiger partial charge in [0.2, 0.25) is 0 Å². The molecule has 0 N–H and O–H groups in total. The molecule has 152 valence electrons. The summed E-state index contributed by atoms with van der Waals surface area (Å²) in [5, 5.41) is 0.728. The molecular formula is C22H25ClN4O2. The number of hydrogen-bond donors (Lipinski definition) is 0. The largest absolute Gasteiger partial charge is 0.494 e.